The molecule has 0 radical (unpaired) electrons. The Bertz CT molecular complexity index is 521. The number of rotatable bonds is 4. The molecule has 0 bridgehead atoms. The van der Waals surface area contributed by atoms with Crippen LogP contribution in [0.3, 0.4) is 0 Å². The molecule has 108 valence electrons. The van der Waals surface area contributed by atoms with Gasteiger partial charge < -0.3 is 4.90 Å². The molecule has 1 saturated carbocycles. The van der Waals surface area contributed by atoms with Crippen LogP contribution >= 0.6 is 0 Å². The van der Waals surface area contributed by atoms with Gasteiger partial charge in [0, 0.05) is 13.6 Å². The highest BCUT2D eigenvalue weighted by Gasteiger charge is 2.37. The molecule has 1 aliphatic heterocycles. The summed E-state index contributed by atoms with van der Waals surface area (Å²) in [6, 6.07) is -0.187. The van der Waals surface area contributed by atoms with Crippen LogP contribution in [0, 0.1) is 5.92 Å². The monoisotopic (exact) mass is 277 g/mol. The van der Waals surface area contributed by atoms with Crippen LogP contribution in [0.2, 0.25) is 0 Å². The van der Waals surface area contributed by atoms with Gasteiger partial charge in [-0.1, -0.05) is 12.8 Å². The molecule has 0 aromatic carbocycles. The molecule has 7 heteroatoms. The molecule has 1 aliphatic carbocycles. The van der Waals surface area contributed by atoms with E-state index in [1.54, 1.807) is 18.1 Å². The minimum atomic E-state index is -0.187. The second-order valence-electron chi connectivity index (χ2n) is 5.62. The first kappa shape index (κ1) is 13.1. The van der Waals surface area contributed by atoms with Crippen LogP contribution < -0.4 is 0 Å². The fourth-order valence-corrected chi connectivity index (χ4v) is 3.02. The van der Waals surface area contributed by atoms with Crippen molar-refractivity contribution >= 4 is 11.9 Å². The number of hydrogen-bond donors (Lipinski definition) is 0. The van der Waals surface area contributed by atoms with Crippen LogP contribution in [0.1, 0.15) is 31.4 Å². The topological polar surface area (TPSA) is 71.3 Å². The summed E-state index contributed by atoms with van der Waals surface area (Å²) in [4.78, 5) is 28.7. The van der Waals surface area contributed by atoms with Crippen molar-refractivity contribution < 1.29 is 9.59 Å². The molecule has 2 aliphatic rings. The predicted octanol–water partition coefficient (Wildman–Crippen LogP) is 0.769. The number of nitrogens with zero attached hydrogens (tertiary/aromatic N) is 5. The quantitative estimate of drug-likeness (QED) is 0.762. The number of carbonyl (C=O) groups is 2. The van der Waals surface area contributed by atoms with E-state index in [0.717, 1.165) is 0 Å². The number of aromatic nitrogens is 3. The molecule has 0 unspecified atom stereocenters. The van der Waals surface area contributed by atoms with Crippen LogP contribution in [0.4, 0.5) is 4.79 Å². The van der Waals surface area contributed by atoms with Crippen molar-refractivity contribution in [2.45, 2.75) is 32.2 Å². The average Bonchev–Trinajstić information content (AvgIpc) is 3.10. The van der Waals surface area contributed by atoms with Gasteiger partial charge in [0.05, 0.1) is 12.7 Å². The van der Waals surface area contributed by atoms with E-state index in [2.05, 4.69) is 10.2 Å². The van der Waals surface area contributed by atoms with Gasteiger partial charge in [-0.15, -0.1) is 0 Å². The zero-order valence-corrected chi connectivity index (χ0v) is 11.7. The molecular formula is C13H19N5O2. The fraction of sp³-hybridized carbons (Fsp3) is 0.692. The van der Waals surface area contributed by atoms with Crippen molar-refractivity contribution in [2.75, 3.05) is 13.1 Å². The van der Waals surface area contributed by atoms with E-state index < -0.39 is 0 Å². The summed E-state index contributed by atoms with van der Waals surface area (Å²) in [7, 11) is 1.71. The zero-order valence-electron chi connectivity index (χ0n) is 11.7. The minimum Gasteiger partial charge on any atom is -0.315 e. The Labute approximate surface area is 117 Å². The Balaban J connectivity index is 1.63. The largest absolute Gasteiger partial charge is 0.327 e. The van der Waals surface area contributed by atoms with Gasteiger partial charge in [-0.25, -0.2) is 4.79 Å². The van der Waals surface area contributed by atoms with Gasteiger partial charge in [0.2, 0.25) is 0 Å². The summed E-state index contributed by atoms with van der Waals surface area (Å²) in [5.41, 5.74) is 0.636. The Morgan fingerprint density at radius 2 is 2.05 bits per heavy atom. The fourth-order valence-electron chi connectivity index (χ4n) is 3.02. The normalized spacial score (nSPS) is 20.4. The van der Waals surface area contributed by atoms with Crippen LogP contribution in [0.15, 0.2) is 6.20 Å². The molecule has 0 N–H and O–H groups in total. The Kier molecular flexibility index (Phi) is 3.42. The van der Waals surface area contributed by atoms with E-state index in [4.69, 9.17) is 0 Å². The molecule has 2 fully saturated rings. The summed E-state index contributed by atoms with van der Waals surface area (Å²) < 4.78 is 0. The Morgan fingerprint density at radius 3 is 2.70 bits per heavy atom. The van der Waals surface area contributed by atoms with Crippen LogP contribution in [-0.2, 0) is 18.4 Å². The van der Waals surface area contributed by atoms with Gasteiger partial charge in [0.1, 0.15) is 12.2 Å². The summed E-state index contributed by atoms with van der Waals surface area (Å²) in [6.07, 6.45) is 6.40. The molecular weight excluding hydrogens is 258 g/mol. The molecule has 20 heavy (non-hydrogen) atoms. The maximum atomic E-state index is 12.3. The first-order valence-electron chi connectivity index (χ1n) is 7.08. The molecule has 7 nitrogen and oxygen atoms in total. The van der Waals surface area contributed by atoms with Crippen molar-refractivity contribution in [3.63, 3.8) is 0 Å². The second-order valence-corrected chi connectivity index (χ2v) is 5.62. The predicted molar refractivity (Wildman–Crippen MR) is 70.5 cm³/mol. The Hall–Kier alpha value is -1.92. The summed E-state index contributed by atoms with van der Waals surface area (Å²) in [6.45, 7) is 1.13. The molecule has 0 atom stereocenters. The smallest absolute Gasteiger partial charge is 0.315 e. The van der Waals surface area contributed by atoms with E-state index in [9.17, 15) is 9.59 Å². The van der Waals surface area contributed by atoms with Crippen molar-refractivity contribution in [3.8, 4) is 0 Å². The van der Waals surface area contributed by atoms with E-state index in [-0.39, 0.29) is 25.0 Å². The molecule has 1 saturated heterocycles. The highest BCUT2D eigenvalue weighted by molar-refractivity contribution is 6.01. The van der Waals surface area contributed by atoms with Gasteiger partial charge >= 0.3 is 6.03 Å². The lowest BCUT2D eigenvalue weighted by molar-refractivity contribution is -0.125. The molecule has 1 aromatic heterocycles. The molecule has 1 aromatic rings. The first-order chi connectivity index (χ1) is 9.63. The minimum absolute atomic E-state index is 0.140. The van der Waals surface area contributed by atoms with Gasteiger partial charge in [0.15, 0.2) is 0 Å². The van der Waals surface area contributed by atoms with E-state index in [1.807, 2.05) is 0 Å². The van der Waals surface area contributed by atoms with Gasteiger partial charge in [-0.3, -0.25) is 9.69 Å². The van der Waals surface area contributed by atoms with Crippen molar-refractivity contribution in [2.24, 2.45) is 13.0 Å². The summed E-state index contributed by atoms with van der Waals surface area (Å²) in [5.74, 6) is 0.418. The standard InChI is InChI=1S/C13H19N5O2/c1-16-14-6-11(15-16)8-18-12(19)9-17(13(18)20)7-10-4-2-3-5-10/h6,10H,2-5,7-9H2,1H3. The molecule has 0 spiro atoms. The van der Waals surface area contributed by atoms with Gasteiger partial charge in [-0.05, 0) is 18.8 Å². The Morgan fingerprint density at radius 1 is 1.30 bits per heavy atom. The number of imide groups is 1. The van der Waals surface area contributed by atoms with Crippen LogP contribution in [-0.4, -0.2) is 49.8 Å². The molecule has 2 heterocycles. The number of amides is 3. The highest BCUT2D eigenvalue weighted by Crippen LogP contribution is 2.27. The van der Waals surface area contributed by atoms with Crippen molar-refractivity contribution in [1.29, 1.82) is 0 Å². The second kappa shape index (κ2) is 5.22. The third kappa shape index (κ3) is 2.52. The van der Waals surface area contributed by atoms with Crippen molar-refractivity contribution in [3.05, 3.63) is 11.9 Å². The van der Waals surface area contributed by atoms with Crippen molar-refractivity contribution in [1.82, 2.24) is 24.8 Å². The van der Waals surface area contributed by atoms with E-state index >= 15 is 0 Å². The zero-order chi connectivity index (χ0) is 14.1. The average molecular weight is 277 g/mol. The lowest BCUT2D eigenvalue weighted by Gasteiger charge is -2.19. The maximum Gasteiger partial charge on any atom is 0.327 e. The highest BCUT2D eigenvalue weighted by atomic mass is 16.2. The SMILES string of the molecule is Cn1ncc(CN2C(=O)CN(CC3CCCC3)C2=O)n1. The summed E-state index contributed by atoms with van der Waals surface area (Å²) in [5, 5.41) is 8.07. The van der Waals surface area contributed by atoms with Gasteiger partial charge in [0.25, 0.3) is 5.91 Å². The summed E-state index contributed by atoms with van der Waals surface area (Å²) >= 11 is 0. The number of carbonyl (C=O) groups excluding carboxylic acids is 2. The first-order valence-corrected chi connectivity index (χ1v) is 7.08. The van der Waals surface area contributed by atoms with Crippen LogP contribution in [0.25, 0.3) is 0 Å². The van der Waals surface area contributed by atoms with E-state index in [1.165, 1.54) is 35.4 Å². The lowest BCUT2D eigenvalue weighted by atomic mass is 10.1. The van der Waals surface area contributed by atoms with Gasteiger partial charge in [-0.2, -0.15) is 15.0 Å². The maximum absolute atomic E-state index is 12.3. The molecule has 3 amide bonds. The number of hydrogen-bond acceptors (Lipinski definition) is 4. The van der Waals surface area contributed by atoms with Crippen LogP contribution in [0.5, 0.6) is 0 Å². The third-order valence-corrected chi connectivity index (χ3v) is 4.05. The third-order valence-electron chi connectivity index (χ3n) is 4.05. The lowest BCUT2D eigenvalue weighted by Crippen LogP contribution is -2.35. The van der Waals surface area contributed by atoms with E-state index in [0.29, 0.717) is 18.2 Å². The number of urea groups is 1. The number of aryl methyl sites for hydroxylation is 1. The molecule has 3 rings (SSSR count).